The van der Waals surface area contributed by atoms with Crippen LogP contribution in [0.4, 0.5) is 0 Å². The van der Waals surface area contributed by atoms with E-state index in [1.54, 1.807) is 12.2 Å². The summed E-state index contributed by atoms with van der Waals surface area (Å²) in [6.45, 7) is 9.06. The smallest absolute Gasteiger partial charge is 0.243 e. The molecule has 0 heterocycles. The van der Waals surface area contributed by atoms with Gasteiger partial charge in [0, 0.05) is 6.54 Å². The molecular formula is C10H19NO. The van der Waals surface area contributed by atoms with Crippen molar-refractivity contribution in [1.82, 2.24) is 5.32 Å². The Labute approximate surface area is 75.0 Å². The van der Waals surface area contributed by atoms with Gasteiger partial charge >= 0.3 is 0 Å². The molecule has 1 N–H and O–H groups in total. The van der Waals surface area contributed by atoms with Crippen LogP contribution < -0.4 is 5.32 Å². The summed E-state index contributed by atoms with van der Waals surface area (Å²) < 4.78 is 0. The third-order valence-electron chi connectivity index (χ3n) is 2.05. The second-order valence-corrected chi connectivity index (χ2v) is 3.47. The number of rotatable bonds is 4. The zero-order valence-electron chi connectivity index (χ0n) is 8.42. The molecule has 12 heavy (non-hydrogen) atoms. The fourth-order valence-electron chi connectivity index (χ4n) is 0.708. The molecule has 0 saturated carbocycles. The molecule has 0 aliphatic carbocycles. The number of carbonyl (C=O) groups is 1. The Kier molecular flexibility index (Phi) is 5.43. The maximum absolute atomic E-state index is 11.0. The van der Waals surface area contributed by atoms with E-state index in [-0.39, 0.29) is 5.91 Å². The summed E-state index contributed by atoms with van der Waals surface area (Å²) in [5, 5.41) is 2.84. The molecule has 70 valence electrons. The molecular weight excluding hydrogens is 150 g/mol. The number of carbonyl (C=O) groups excluding carboxylic acids is 1. The maximum atomic E-state index is 11.0. The van der Waals surface area contributed by atoms with Crippen LogP contribution >= 0.6 is 0 Å². The molecule has 0 fully saturated rings. The van der Waals surface area contributed by atoms with Crippen molar-refractivity contribution in [2.45, 2.75) is 27.7 Å². The Morgan fingerprint density at radius 2 is 2.00 bits per heavy atom. The number of hydrogen-bond acceptors (Lipinski definition) is 1. The first kappa shape index (κ1) is 11.2. The van der Waals surface area contributed by atoms with Crippen molar-refractivity contribution >= 4 is 5.91 Å². The van der Waals surface area contributed by atoms with Crippen LogP contribution in [0.3, 0.4) is 0 Å². The molecule has 0 aromatic carbocycles. The Morgan fingerprint density at radius 3 is 2.42 bits per heavy atom. The lowest BCUT2D eigenvalue weighted by Gasteiger charge is -2.14. The highest BCUT2D eigenvalue weighted by atomic mass is 16.1. The zero-order valence-corrected chi connectivity index (χ0v) is 8.42. The van der Waals surface area contributed by atoms with Crippen molar-refractivity contribution in [3.63, 3.8) is 0 Å². The van der Waals surface area contributed by atoms with Gasteiger partial charge in [-0.3, -0.25) is 4.79 Å². The molecule has 0 aromatic heterocycles. The minimum absolute atomic E-state index is 0.00463. The molecule has 0 rings (SSSR count). The van der Waals surface area contributed by atoms with Crippen LogP contribution in [0.15, 0.2) is 12.2 Å². The first-order chi connectivity index (χ1) is 5.57. The van der Waals surface area contributed by atoms with E-state index < -0.39 is 0 Å². The molecule has 0 aliphatic heterocycles. The minimum atomic E-state index is 0.00463. The van der Waals surface area contributed by atoms with Crippen molar-refractivity contribution < 1.29 is 4.79 Å². The van der Waals surface area contributed by atoms with Gasteiger partial charge in [0.25, 0.3) is 0 Å². The molecule has 2 nitrogen and oxygen atoms in total. The average Bonchev–Trinajstić information content (AvgIpc) is 2.00. The monoisotopic (exact) mass is 169 g/mol. The minimum Gasteiger partial charge on any atom is -0.352 e. The first-order valence-electron chi connectivity index (χ1n) is 4.48. The van der Waals surface area contributed by atoms with Gasteiger partial charge in [0.05, 0.1) is 0 Å². The topological polar surface area (TPSA) is 29.1 Å². The van der Waals surface area contributed by atoms with E-state index in [1.165, 1.54) is 0 Å². The van der Waals surface area contributed by atoms with E-state index >= 15 is 0 Å². The third kappa shape index (κ3) is 4.94. The van der Waals surface area contributed by atoms with Crippen LogP contribution in [0.1, 0.15) is 27.7 Å². The maximum Gasteiger partial charge on any atom is 0.243 e. The normalized spacial score (nSPS) is 13.8. The van der Waals surface area contributed by atoms with Crippen molar-refractivity contribution in [2.75, 3.05) is 6.54 Å². The first-order valence-corrected chi connectivity index (χ1v) is 4.48. The number of amides is 1. The van der Waals surface area contributed by atoms with E-state index in [9.17, 15) is 4.79 Å². The van der Waals surface area contributed by atoms with Gasteiger partial charge in [-0.1, -0.05) is 26.8 Å². The molecule has 2 heteroatoms. The van der Waals surface area contributed by atoms with Crippen LogP contribution in [-0.2, 0) is 4.79 Å². The van der Waals surface area contributed by atoms with Gasteiger partial charge in [-0.25, -0.2) is 0 Å². The molecule has 0 radical (unpaired) electrons. The lowest BCUT2D eigenvalue weighted by molar-refractivity contribution is -0.116. The van der Waals surface area contributed by atoms with Crippen molar-refractivity contribution in [3.05, 3.63) is 12.2 Å². The highest BCUT2D eigenvalue weighted by molar-refractivity contribution is 5.87. The largest absolute Gasteiger partial charge is 0.352 e. The van der Waals surface area contributed by atoms with Crippen LogP contribution in [0.5, 0.6) is 0 Å². The van der Waals surface area contributed by atoms with E-state index in [2.05, 4.69) is 26.1 Å². The highest BCUT2D eigenvalue weighted by Crippen LogP contribution is 2.07. The van der Waals surface area contributed by atoms with E-state index in [0.717, 1.165) is 6.54 Å². The van der Waals surface area contributed by atoms with Gasteiger partial charge in [0.1, 0.15) is 0 Å². The molecule has 1 atom stereocenters. The lowest BCUT2D eigenvalue weighted by Crippen LogP contribution is -2.28. The van der Waals surface area contributed by atoms with Crippen LogP contribution in [0.25, 0.3) is 0 Å². The second-order valence-electron chi connectivity index (χ2n) is 3.47. The quantitative estimate of drug-likeness (QED) is 0.640. The Balaban J connectivity index is 3.61. The van der Waals surface area contributed by atoms with Gasteiger partial charge in [0.2, 0.25) is 5.91 Å². The number of allylic oxidation sites excluding steroid dienone is 1. The van der Waals surface area contributed by atoms with Gasteiger partial charge < -0.3 is 5.32 Å². The molecule has 0 aliphatic rings. The highest BCUT2D eigenvalue weighted by Gasteiger charge is 2.06. The summed E-state index contributed by atoms with van der Waals surface area (Å²) in [6.07, 6.45) is 3.29. The number of nitrogens with one attached hydrogen (secondary N) is 1. The zero-order chi connectivity index (χ0) is 9.56. The summed E-state index contributed by atoms with van der Waals surface area (Å²) in [5.74, 6) is 1.17. The molecule has 0 spiro atoms. The fraction of sp³-hybridized carbons (Fsp3) is 0.700. The van der Waals surface area contributed by atoms with Gasteiger partial charge in [-0.2, -0.15) is 0 Å². The molecule has 1 unspecified atom stereocenters. The predicted octanol–water partition coefficient (Wildman–Crippen LogP) is 1.97. The molecule has 0 saturated heterocycles. The van der Waals surface area contributed by atoms with Crippen molar-refractivity contribution in [1.29, 1.82) is 0 Å². The summed E-state index contributed by atoms with van der Waals surface area (Å²) in [5.41, 5.74) is 0. The van der Waals surface area contributed by atoms with Gasteiger partial charge in [-0.15, -0.1) is 0 Å². The SMILES string of the molecule is CC=CC(=O)NCC(C)C(C)C. The Hall–Kier alpha value is -0.790. The van der Waals surface area contributed by atoms with E-state index in [4.69, 9.17) is 0 Å². The van der Waals surface area contributed by atoms with Crippen LogP contribution in [0.2, 0.25) is 0 Å². The Bertz CT molecular complexity index is 161. The van der Waals surface area contributed by atoms with Gasteiger partial charge in [0.15, 0.2) is 0 Å². The lowest BCUT2D eigenvalue weighted by atomic mass is 9.98. The standard InChI is InChI=1S/C10H19NO/c1-5-6-10(12)11-7-9(4)8(2)3/h5-6,8-9H,7H2,1-4H3,(H,11,12). The average molecular weight is 169 g/mol. The summed E-state index contributed by atoms with van der Waals surface area (Å²) in [4.78, 5) is 11.0. The van der Waals surface area contributed by atoms with Crippen molar-refractivity contribution in [2.24, 2.45) is 11.8 Å². The predicted molar refractivity (Wildman–Crippen MR) is 51.8 cm³/mol. The number of hydrogen-bond donors (Lipinski definition) is 1. The molecule has 0 bridgehead atoms. The Morgan fingerprint density at radius 1 is 1.42 bits per heavy atom. The second kappa shape index (κ2) is 5.81. The molecule has 0 aromatic rings. The fourth-order valence-corrected chi connectivity index (χ4v) is 0.708. The third-order valence-corrected chi connectivity index (χ3v) is 2.05. The van der Waals surface area contributed by atoms with E-state index in [0.29, 0.717) is 11.8 Å². The molecule has 1 amide bonds. The van der Waals surface area contributed by atoms with E-state index in [1.807, 2.05) is 6.92 Å². The summed E-state index contributed by atoms with van der Waals surface area (Å²) in [6, 6.07) is 0. The van der Waals surface area contributed by atoms with Crippen molar-refractivity contribution in [3.8, 4) is 0 Å². The van der Waals surface area contributed by atoms with Gasteiger partial charge in [-0.05, 0) is 24.8 Å². The summed E-state index contributed by atoms with van der Waals surface area (Å²) >= 11 is 0. The summed E-state index contributed by atoms with van der Waals surface area (Å²) in [7, 11) is 0. The van der Waals surface area contributed by atoms with Crippen LogP contribution in [0, 0.1) is 11.8 Å². The van der Waals surface area contributed by atoms with Crippen LogP contribution in [-0.4, -0.2) is 12.5 Å².